The summed E-state index contributed by atoms with van der Waals surface area (Å²) in [6.07, 6.45) is 1.20. The lowest BCUT2D eigenvalue weighted by molar-refractivity contribution is 0.354. The SMILES string of the molecule is COc1ccc(CNC(N)=NCc2ccc(S(C)(=O)=O)c(C)c2)cc1OC.I. The minimum Gasteiger partial charge on any atom is -0.493 e. The van der Waals surface area contributed by atoms with Gasteiger partial charge in [-0.25, -0.2) is 13.4 Å². The molecule has 2 aromatic rings. The number of sulfone groups is 1. The summed E-state index contributed by atoms with van der Waals surface area (Å²) in [5.74, 6) is 1.61. The predicted octanol–water partition coefficient (Wildman–Crippen LogP) is 2.64. The lowest BCUT2D eigenvalue weighted by Gasteiger charge is -2.11. The van der Waals surface area contributed by atoms with Crippen LogP contribution < -0.4 is 20.5 Å². The number of nitrogens with two attached hydrogens (primary N) is 1. The molecule has 0 spiro atoms. The zero-order valence-corrected chi connectivity index (χ0v) is 19.5. The fourth-order valence-corrected chi connectivity index (χ4v) is 3.60. The van der Waals surface area contributed by atoms with Crippen molar-refractivity contribution < 1.29 is 17.9 Å². The highest BCUT2D eigenvalue weighted by atomic mass is 127. The van der Waals surface area contributed by atoms with E-state index in [1.165, 1.54) is 6.26 Å². The van der Waals surface area contributed by atoms with Gasteiger partial charge in [-0.1, -0.05) is 18.2 Å². The van der Waals surface area contributed by atoms with Crippen LogP contribution in [0.15, 0.2) is 46.3 Å². The molecule has 0 aliphatic rings. The highest BCUT2D eigenvalue weighted by molar-refractivity contribution is 14.0. The molecule has 7 nitrogen and oxygen atoms in total. The number of hydrogen-bond acceptors (Lipinski definition) is 5. The standard InChI is InChI=1S/C19H25N3O4S.HI/c1-13-9-14(6-8-18(13)27(4,23)24)11-21-19(20)22-12-15-5-7-16(25-2)17(10-15)26-3;/h5-10H,11-12H2,1-4H3,(H3,20,21,22);1H. The van der Waals surface area contributed by atoms with Crippen LogP contribution in [-0.4, -0.2) is 34.9 Å². The number of halogens is 1. The second-order valence-electron chi connectivity index (χ2n) is 6.12. The first-order valence-electron chi connectivity index (χ1n) is 8.29. The number of nitrogens with one attached hydrogen (secondary N) is 1. The van der Waals surface area contributed by atoms with Crippen molar-refractivity contribution >= 4 is 39.8 Å². The molecule has 0 unspecified atom stereocenters. The first-order chi connectivity index (χ1) is 12.7. The molecule has 0 aliphatic heterocycles. The van der Waals surface area contributed by atoms with Crippen LogP contribution in [0.4, 0.5) is 0 Å². The molecule has 0 fully saturated rings. The topological polar surface area (TPSA) is 103 Å². The Bertz CT molecular complexity index is 946. The first-order valence-corrected chi connectivity index (χ1v) is 10.2. The molecule has 9 heteroatoms. The molecule has 2 rings (SSSR count). The average molecular weight is 519 g/mol. The van der Waals surface area contributed by atoms with Gasteiger partial charge in [0.25, 0.3) is 0 Å². The van der Waals surface area contributed by atoms with E-state index in [1.807, 2.05) is 24.3 Å². The van der Waals surface area contributed by atoms with Crippen molar-refractivity contribution in [2.24, 2.45) is 10.7 Å². The van der Waals surface area contributed by atoms with Gasteiger partial charge in [0, 0.05) is 12.8 Å². The number of hydrogen-bond donors (Lipinski definition) is 2. The number of aryl methyl sites for hydroxylation is 1. The molecule has 28 heavy (non-hydrogen) atoms. The normalized spacial score (nSPS) is 11.5. The Morgan fingerprint density at radius 3 is 2.29 bits per heavy atom. The van der Waals surface area contributed by atoms with Crippen LogP contribution in [0.25, 0.3) is 0 Å². The van der Waals surface area contributed by atoms with Crippen molar-refractivity contribution in [3.05, 3.63) is 53.1 Å². The summed E-state index contributed by atoms with van der Waals surface area (Å²) < 4.78 is 33.8. The Hall–Kier alpha value is -2.01. The molecule has 0 aliphatic carbocycles. The highest BCUT2D eigenvalue weighted by Gasteiger charge is 2.10. The summed E-state index contributed by atoms with van der Waals surface area (Å²) in [5.41, 5.74) is 8.47. The Morgan fingerprint density at radius 1 is 1.07 bits per heavy atom. The molecule has 2 aromatic carbocycles. The van der Waals surface area contributed by atoms with Gasteiger partial charge in [0.05, 0.1) is 25.7 Å². The average Bonchev–Trinajstić information content (AvgIpc) is 2.63. The molecule has 0 saturated heterocycles. The monoisotopic (exact) mass is 519 g/mol. The number of aliphatic imine (C=N–C) groups is 1. The van der Waals surface area contributed by atoms with Crippen LogP contribution in [0.1, 0.15) is 16.7 Å². The van der Waals surface area contributed by atoms with Gasteiger partial charge in [-0.3, -0.25) is 0 Å². The molecule has 154 valence electrons. The lowest BCUT2D eigenvalue weighted by atomic mass is 10.1. The largest absolute Gasteiger partial charge is 0.493 e. The number of rotatable bonds is 7. The molecule has 0 amide bonds. The minimum absolute atomic E-state index is 0. The van der Waals surface area contributed by atoms with Crippen molar-refractivity contribution in [3.63, 3.8) is 0 Å². The molecule has 3 N–H and O–H groups in total. The van der Waals surface area contributed by atoms with Gasteiger partial charge < -0.3 is 20.5 Å². The van der Waals surface area contributed by atoms with E-state index in [2.05, 4.69) is 10.3 Å². The smallest absolute Gasteiger partial charge is 0.189 e. The van der Waals surface area contributed by atoms with Gasteiger partial charge in [-0.15, -0.1) is 24.0 Å². The van der Waals surface area contributed by atoms with Crippen LogP contribution in [0, 0.1) is 6.92 Å². The summed E-state index contributed by atoms with van der Waals surface area (Å²) in [6.45, 7) is 2.61. The lowest BCUT2D eigenvalue weighted by Crippen LogP contribution is -2.31. The van der Waals surface area contributed by atoms with Crippen molar-refractivity contribution in [2.75, 3.05) is 20.5 Å². The zero-order chi connectivity index (χ0) is 20.0. The Balaban J connectivity index is 0.00000392. The Labute approximate surface area is 183 Å². The van der Waals surface area contributed by atoms with Crippen LogP contribution in [0.5, 0.6) is 11.5 Å². The van der Waals surface area contributed by atoms with E-state index in [1.54, 1.807) is 33.3 Å². The molecule has 0 saturated carbocycles. The molecule has 0 atom stereocenters. The molecule has 0 heterocycles. The van der Waals surface area contributed by atoms with Crippen LogP contribution in [-0.2, 0) is 22.9 Å². The molecule has 0 aromatic heterocycles. The maximum atomic E-state index is 11.7. The fourth-order valence-electron chi connectivity index (χ4n) is 2.64. The minimum atomic E-state index is -3.22. The summed E-state index contributed by atoms with van der Waals surface area (Å²) >= 11 is 0. The van der Waals surface area contributed by atoms with Crippen molar-refractivity contribution in [2.45, 2.75) is 24.9 Å². The Morgan fingerprint density at radius 2 is 1.71 bits per heavy atom. The van der Waals surface area contributed by atoms with Gasteiger partial charge in [-0.05, 0) is 41.8 Å². The third-order valence-electron chi connectivity index (χ3n) is 3.99. The molecular formula is C19H26IN3O4S. The van der Waals surface area contributed by atoms with Gasteiger partial charge >= 0.3 is 0 Å². The number of methoxy groups -OCH3 is 2. The number of benzene rings is 2. The number of ether oxygens (including phenoxy) is 2. The number of nitrogens with zero attached hydrogens (tertiary/aromatic N) is 1. The molecule has 0 bridgehead atoms. The second kappa shape index (κ2) is 10.5. The molecule has 0 radical (unpaired) electrons. The Kier molecular flexibility index (Phi) is 9.02. The van der Waals surface area contributed by atoms with E-state index in [9.17, 15) is 8.42 Å². The maximum absolute atomic E-state index is 11.7. The molecular weight excluding hydrogens is 493 g/mol. The quantitative estimate of drug-likeness (QED) is 0.331. The van der Waals surface area contributed by atoms with Crippen LogP contribution in [0.2, 0.25) is 0 Å². The summed E-state index contributed by atoms with van der Waals surface area (Å²) in [4.78, 5) is 4.63. The van der Waals surface area contributed by atoms with E-state index < -0.39 is 9.84 Å². The van der Waals surface area contributed by atoms with Crippen molar-refractivity contribution in [1.82, 2.24) is 5.32 Å². The third kappa shape index (κ3) is 6.55. The van der Waals surface area contributed by atoms with E-state index >= 15 is 0 Å². The predicted molar refractivity (Wildman–Crippen MR) is 121 cm³/mol. The fraction of sp³-hybridized carbons (Fsp3) is 0.316. The van der Waals surface area contributed by atoms with Crippen molar-refractivity contribution in [3.8, 4) is 11.5 Å². The van der Waals surface area contributed by atoms with Crippen LogP contribution >= 0.6 is 24.0 Å². The van der Waals surface area contributed by atoms with E-state index in [-0.39, 0.29) is 24.0 Å². The van der Waals surface area contributed by atoms with E-state index in [4.69, 9.17) is 15.2 Å². The van der Waals surface area contributed by atoms with Crippen LogP contribution in [0.3, 0.4) is 0 Å². The summed E-state index contributed by atoms with van der Waals surface area (Å²) in [6, 6.07) is 10.8. The van der Waals surface area contributed by atoms with Gasteiger partial charge in [0.15, 0.2) is 27.3 Å². The zero-order valence-electron chi connectivity index (χ0n) is 16.4. The number of guanidine groups is 1. The van der Waals surface area contributed by atoms with E-state index in [0.29, 0.717) is 41.0 Å². The first kappa shape index (κ1) is 24.0. The summed E-state index contributed by atoms with van der Waals surface area (Å²) in [5, 5.41) is 3.04. The second-order valence-corrected chi connectivity index (χ2v) is 8.10. The third-order valence-corrected chi connectivity index (χ3v) is 5.25. The van der Waals surface area contributed by atoms with Crippen molar-refractivity contribution in [1.29, 1.82) is 0 Å². The summed E-state index contributed by atoms with van der Waals surface area (Å²) in [7, 11) is -0.0505. The van der Waals surface area contributed by atoms with Gasteiger partial charge in [0.1, 0.15) is 0 Å². The van der Waals surface area contributed by atoms with E-state index in [0.717, 1.165) is 11.1 Å². The van der Waals surface area contributed by atoms with Gasteiger partial charge in [0.2, 0.25) is 0 Å². The highest BCUT2D eigenvalue weighted by Crippen LogP contribution is 2.27. The maximum Gasteiger partial charge on any atom is 0.189 e. The van der Waals surface area contributed by atoms with Gasteiger partial charge in [-0.2, -0.15) is 0 Å².